The Kier molecular flexibility index (Phi) is 5.96. The van der Waals surface area contributed by atoms with E-state index in [4.69, 9.17) is 5.14 Å². The van der Waals surface area contributed by atoms with Crippen molar-refractivity contribution in [3.63, 3.8) is 0 Å². The molecule has 0 aromatic heterocycles. The molecule has 1 fully saturated rings. The van der Waals surface area contributed by atoms with Crippen LogP contribution in [0.5, 0.6) is 0 Å². The predicted octanol–water partition coefficient (Wildman–Crippen LogP) is -0.180. The van der Waals surface area contributed by atoms with Crippen molar-refractivity contribution in [1.29, 1.82) is 0 Å². The van der Waals surface area contributed by atoms with Crippen molar-refractivity contribution in [2.24, 2.45) is 5.14 Å². The molecule has 7 heteroatoms. The molecule has 0 aromatic rings. The minimum absolute atomic E-state index is 0.0505. The summed E-state index contributed by atoms with van der Waals surface area (Å²) in [6, 6.07) is 0.0505. The largest absolute Gasteiger partial charge is 0.350 e. The van der Waals surface area contributed by atoms with E-state index < -0.39 is 15.3 Å². The Morgan fingerprint density at radius 1 is 1.32 bits per heavy atom. The lowest BCUT2D eigenvalue weighted by atomic mass is 9.95. The van der Waals surface area contributed by atoms with Crippen LogP contribution in [0.1, 0.15) is 25.7 Å². The Morgan fingerprint density at radius 3 is 2.37 bits per heavy atom. The second kappa shape index (κ2) is 7.02. The summed E-state index contributed by atoms with van der Waals surface area (Å²) >= 11 is 0. The molecule has 0 radical (unpaired) electrons. The number of carbonyl (C=O) groups excluding carboxylic acids is 1. The highest BCUT2D eigenvalue weighted by atomic mass is 32.2. The first-order valence-electron chi connectivity index (χ1n) is 6.42. The summed E-state index contributed by atoms with van der Waals surface area (Å²) < 4.78 is 22.4. The van der Waals surface area contributed by atoms with Crippen molar-refractivity contribution in [2.75, 3.05) is 20.6 Å². The molecule has 0 aromatic carbocycles. The van der Waals surface area contributed by atoms with E-state index in [1.807, 2.05) is 19.0 Å². The number of amides is 1. The van der Waals surface area contributed by atoms with Crippen LogP contribution in [0.2, 0.25) is 0 Å². The van der Waals surface area contributed by atoms with E-state index in [9.17, 15) is 13.2 Å². The fraction of sp³-hybridized carbons (Fsp3) is 0.750. The Bertz CT molecular complexity index is 424. The van der Waals surface area contributed by atoms with Gasteiger partial charge in [-0.25, -0.2) is 13.6 Å². The SMILES string of the molecule is CN(C)C/C=C/C(=O)NC1CCC(S(N)(=O)=O)CC1. The molecule has 1 aliphatic rings. The molecule has 110 valence electrons. The zero-order chi connectivity index (χ0) is 14.5. The molecule has 0 saturated heterocycles. The summed E-state index contributed by atoms with van der Waals surface area (Å²) in [5, 5.41) is 7.55. The highest BCUT2D eigenvalue weighted by Gasteiger charge is 2.28. The van der Waals surface area contributed by atoms with Crippen molar-refractivity contribution < 1.29 is 13.2 Å². The summed E-state index contributed by atoms with van der Waals surface area (Å²) in [6.45, 7) is 0.714. The Labute approximate surface area is 115 Å². The van der Waals surface area contributed by atoms with Gasteiger partial charge in [0, 0.05) is 18.7 Å². The van der Waals surface area contributed by atoms with Gasteiger partial charge < -0.3 is 10.2 Å². The minimum atomic E-state index is -3.43. The summed E-state index contributed by atoms with van der Waals surface area (Å²) in [7, 11) is 0.421. The Balaban J connectivity index is 2.33. The maximum atomic E-state index is 11.6. The molecule has 1 aliphatic carbocycles. The van der Waals surface area contributed by atoms with Gasteiger partial charge in [0.15, 0.2) is 0 Å². The van der Waals surface area contributed by atoms with Gasteiger partial charge in [0.1, 0.15) is 0 Å². The molecule has 1 amide bonds. The molecule has 6 nitrogen and oxygen atoms in total. The third-order valence-electron chi connectivity index (χ3n) is 3.22. The lowest BCUT2D eigenvalue weighted by Gasteiger charge is -2.27. The third kappa shape index (κ3) is 6.17. The molecule has 0 spiro atoms. The van der Waals surface area contributed by atoms with Gasteiger partial charge in [0.25, 0.3) is 0 Å². The number of sulfonamides is 1. The number of nitrogens with zero attached hydrogens (tertiary/aromatic N) is 1. The van der Waals surface area contributed by atoms with E-state index in [1.165, 1.54) is 6.08 Å². The van der Waals surface area contributed by atoms with Crippen LogP contribution in [-0.2, 0) is 14.8 Å². The molecule has 0 unspecified atom stereocenters. The van der Waals surface area contributed by atoms with Crippen LogP contribution in [-0.4, -0.2) is 51.2 Å². The zero-order valence-electron chi connectivity index (χ0n) is 11.5. The minimum Gasteiger partial charge on any atom is -0.350 e. The predicted molar refractivity (Wildman–Crippen MR) is 75.0 cm³/mol. The first kappa shape index (κ1) is 16.1. The number of nitrogens with one attached hydrogen (secondary N) is 1. The van der Waals surface area contributed by atoms with Crippen molar-refractivity contribution in [2.45, 2.75) is 37.0 Å². The van der Waals surface area contributed by atoms with Crippen LogP contribution in [0.3, 0.4) is 0 Å². The van der Waals surface area contributed by atoms with E-state index >= 15 is 0 Å². The highest BCUT2D eigenvalue weighted by molar-refractivity contribution is 7.89. The van der Waals surface area contributed by atoms with E-state index in [-0.39, 0.29) is 11.9 Å². The number of nitrogens with two attached hydrogens (primary N) is 1. The van der Waals surface area contributed by atoms with Gasteiger partial charge >= 0.3 is 0 Å². The standard InChI is InChI=1S/C12H23N3O3S/c1-15(2)9-3-4-12(16)14-10-5-7-11(8-6-10)19(13,17)18/h3-4,10-11H,5-9H2,1-2H3,(H,14,16)(H2,13,17,18)/b4-3+. The molecule has 19 heavy (non-hydrogen) atoms. The monoisotopic (exact) mass is 289 g/mol. The van der Waals surface area contributed by atoms with Crippen LogP contribution in [0.25, 0.3) is 0 Å². The third-order valence-corrected chi connectivity index (χ3v) is 4.63. The average Bonchev–Trinajstić information content (AvgIpc) is 2.27. The topological polar surface area (TPSA) is 92.5 Å². The van der Waals surface area contributed by atoms with Gasteiger partial charge in [0.05, 0.1) is 5.25 Å². The van der Waals surface area contributed by atoms with Crippen LogP contribution < -0.4 is 10.5 Å². The number of hydrogen-bond donors (Lipinski definition) is 2. The first-order valence-corrected chi connectivity index (χ1v) is 8.03. The number of likely N-dealkylation sites (N-methyl/N-ethyl adjacent to an activating group) is 1. The van der Waals surface area contributed by atoms with Crippen molar-refractivity contribution in [1.82, 2.24) is 10.2 Å². The maximum Gasteiger partial charge on any atom is 0.243 e. The van der Waals surface area contributed by atoms with Crippen molar-refractivity contribution in [3.8, 4) is 0 Å². The number of primary sulfonamides is 1. The molecule has 0 aliphatic heterocycles. The van der Waals surface area contributed by atoms with Crippen LogP contribution in [0, 0.1) is 0 Å². The molecule has 0 atom stereocenters. The average molecular weight is 289 g/mol. The first-order chi connectivity index (χ1) is 8.79. The molecular formula is C12H23N3O3S. The molecular weight excluding hydrogens is 266 g/mol. The van der Waals surface area contributed by atoms with Gasteiger partial charge in [-0.1, -0.05) is 6.08 Å². The normalized spacial score (nSPS) is 24.8. The smallest absolute Gasteiger partial charge is 0.243 e. The van der Waals surface area contributed by atoms with Crippen LogP contribution in [0.4, 0.5) is 0 Å². The number of rotatable bonds is 5. The quantitative estimate of drug-likeness (QED) is 0.687. The summed E-state index contributed by atoms with van der Waals surface area (Å²) in [5.41, 5.74) is 0. The van der Waals surface area contributed by atoms with E-state index in [2.05, 4.69) is 5.32 Å². The van der Waals surface area contributed by atoms with Crippen molar-refractivity contribution >= 4 is 15.9 Å². The zero-order valence-corrected chi connectivity index (χ0v) is 12.3. The van der Waals surface area contributed by atoms with Gasteiger partial charge in [-0.2, -0.15) is 0 Å². The second-order valence-corrected chi connectivity index (χ2v) is 7.08. The molecule has 0 bridgehead atoms. The number of carbonyl (C=O) groups is 1. The maximum absolute atomic E-state index is 11.6. The summed E-state index contributed by atoms with van der Waals surface area (Å²) in [4.78, 5) is 13.6. The van der Waals surface area contributed by atoms with E-state index in [1.54, 1.807) is 6.08 Å². The Morgan fingerprint density at radius 2 is 1.89 bits per heavy atom. The fourth-order valence-electron chi connectivity index (χ4n) is 2.16. The van der Waals surface area contributed by atoms with E-state index in [0.717, 1.165) is 0 Å². The molecule has 1 rings (SSSR count). The summed E-state index contributed by atoms with van der Waals surface area (Å²) in [6.07, 6.45) is 5.68. The molecule has 3 N–H and O–H groups in total. The van der Waals surface area contributed by atoms with Crippen LogP contribution >= 0.6 is 0 Å². The second-order valence-electron chi connectivity index (χ2n) is 5.24. The lowest BCUT2D eigenvalue weighted by Crippen LogP contribution is -2.41. The molecule has 1 saturated carbocycles. The van der Waals surface area contributed by atoms with Gasteiger partial charge in [-0.3, -0.25) is 4.79 Å². The van der Waals surface area contributed by atoms with Gasteiger partial charge in [-0.05, 0) is 39.8 Å². The lowest BCUT2D eigenvalue weighted by molar-refractivity contribution is -0.117. The van der Waals surface area contributed by atoms with Gasteiger partial charge in [-0.15, -0.1) is 0 Å². The Hall–Kier alpha value is -0.920. The van der Waals surface area contributed by atoms with Crippen molar-refractivity contribution in [3.05, 3.63) is 12.2 Å². The fourth-order valence-corrected chi connectivity index (χ4v) is 3.08. The van der Waals surface area contributed by atoms with E-state index in [0.29, 0.717) is 32.2 Å². The summed E-state index contributed by atoms with van der Waals surface area (Å²) in [5.74, 6) is -0.124. The van der Waals surface area contributed by atoms with Gasteiger partial charge in [0.2, 0.25) is 15.9 Å². The van der Waals surface area contributed by atoms with Crippen LogP contribution in [0.15, 0.2) is 12.2 Å². The number of hydrogen-bond acceptors (Lipinski definition) is 4. The molecule has 0 heterocycles. The highest BCUT2D eigenvalue weighted by Crippen LogP contribution is 2.22.